The van der Waals surface area contributed by atoms with Gasteiger partial charge in [0.1, 0.15) is 5.54 Å². The second-order valence-corrected chi connectivity index (χ2v) is 7.44. The molecule has 1 amide bonds. The Morgan fingerprint density at radius 1 is 1.40 bits per heavy atom. The predicted octanol–water partition coefficient (Wildman–Crippen LogP) is 1.78. The van der Waals surface area contributed by atoms with Crippen LogP contribution in [-0.4, -0.2) is 42.1 Å². The standard InChI is InChI=1S/C16H28N2O2/c1-4-11-6-5-8-18(10-11)14(19)16(17)12-7-9-20-13(12)15(16,2)3/h11-13H,4-10,17H2,1-3H3. The first-order chi connectivity index (χ1) is 9.42. The van der Waals surface area contributed by atoms with E-state index in [-0.39, 0.29) is 23.3 Å². The smallest absolute Gasteiger partial charge is 0.243 e. The van der Waals surface area contributed by atoms with Crippen molar-refractivity contribution in [3.63, 3.8) is 0 Å². The average molecular weight is 280 g/mol. The van der Waals surface area contributed by atoms with Gasteiger partial charge in [-0.25, -0.2) is 0 Å². The minimum absolute atomic E-state index is 0.170. The van der Waals surface area contributed by atoms with Crippen LogP contribution in [0.5, 0.6) is 0 Å². The van der Waals surface area contributed by atoms with Gasteiger partial charge >= 0.3 is 0 Å². The molecule has 0 aromatic heterocycles. The van der Waals surface area contributed by atoms with Gasteiger partial charge in [0, 0.05) is 31.0 Å². The summed E-state index contributed by atoms with van der Waals surface area (Å²) in [7, 11) is 0. The van der Waals surface area contributed by atoms with E-state index in [0.29, 0.717) is 5.92 Å². The summed E-state index contributed by atoms with van der Waals surface area (Å²) >= 11 is 0. The molecule has 4 unspecified atom stereocenters. The van der Waals surface area contributed by atoms with E-state index >= 15 is 0 Å². The lowest BCUT2D eigenvalue weighted by atomic mass is 9.47. The number of hydrogen-bond acceptors (Lipinski definition) is 3. The lowest BCUT2D eigenvalue weighted by molar-refractivity contribution is -0.185. The number of nitrogens with zero attached hydrogens (tertiary/aromatic N) is 1. The summed E-state index contributed by atoms with van der Waals surface area (Å²) in [6.45, 7) is 8.93. The fourth-order valence-electron chi connectivity index (χ4n) is 4.66. The van der Waals surface area contributed by atoms with Crippen molar-refractivity contribution < 1.29 is 9.53 Å². The van der Waals surface area contributed by atoms with Gasteiger partial charge in [0.2, 0.25) is 5.91 Å². The topological polar surface area (TPSA) is 55.6 Å². The number of carbonyl (C=O) groups excluding carboxylic acids is 1. The summed E-state index contributed by atoms with van der Waals surface area (Å²) in [6, 6.07) is 0. The van der Waals surface area contributed by atoms with Crippen LogP contribution in [0.25, 0.3) is 0 Å². The van der Waals surface area contributed by atoms with Gasteiger partial charge in [0.05, 0.1) is 6.10 Å². The number of nitrogens with two attached hydrogens (primary N) is 1. The summed E-state index contributed by atoms with van der Waals surface area (Å²) < 4.78 is 5.79. The van der Waals surface area contributed by atoms with Gasteiger partial charge in [-0.2, -0.15) is 0 Å². The van der Waals surface area contributed by atoms with Crippen molar-refractivity contribution in [3.8, 4) is 0 Å². The maximum absolute atomic E-state index is 13.1. The molecular formula is C16H28N2O2. The zero-order valence-electron chi connectivity index (χ0n) is 13.0. The molecule has 20 heavy (non-hydrogen) atoms. The summed E-state index contributed by atoms with van der Waals surface area (Å²) in [5, 5.41) is 0. The number of hydrogen-bond donors (Lipinski definition) is 1. The minimum Gasteiger partial charge on any atom is -0.377 e. The van der Waals surface area contributed by atoms with Gasteiger partial charge < -0.3 is 15.4 Å². The maximum atomic E-state index is 13.1. The van der Waals surface area contributed by atoms with Gasteiger partial charge in [-0.3, -0.25) is 4.79 Å². The van der Waals surface area contributed by atoms with Crippen LogP contribution in [0, 0.1) is 17.3 Å². The quantitative estimate of drug-likeness (QED) is 0.839. The molecule has 2 heterocycles. The van der Waals surface area contributed by atoms with E-state index in [9.17, 15) is 4.79 Å². The maximum Gasteiger partial charge on any atom is 0.243 e. The first-order valence-corrected chi connectivity index (χ1v) is 8.12. The second kappa shape index (κ2) is 4.70. The fraction of sp³-hybridized carbons (Fsp3) is 0.938. The highest BCUT2D eigenvalue weighted by Gasteiger charge is 2.71. The zero-order chi connectivity index (χ0) is 14.5. The average Bonchev–Trinajstić information content (AvgIpc) is 2.94. The Morgan fingerprint density at radius 2 is 2.15 bits per heavy atom. The van der Waals surface area contributed by atoms with E-state index in [1.54, 1.807) is 0 Å². The number of piperidine rings is 1. The third-order valence-electron chi connectivity index (χ3n) is 6.19. The molecule has 0 aromatic carbocycles. The van der Waals surface area contributed by atoms with Gasteiger partial charge in [0.15, 0.2) is 0 Å². The van der Waals surface area contributed by atoms with E-state index in [0.717, 1.165) is 39.0 Å². The molecule has 4 heteroatoms. The van der Waals surface area contributed by atoms with E-state index < -0.39 is 5.54 Å². The molecule has 2 aliphatic heterocycles. The highest BCUT2D eigenvalue weighted by atomic mass is 16.5. The molecule has 4 nitrogen and oxygen atoms in total. The van der Waals surface area contributed by atoms with Crippen molar-refractivity contribution in [1.29, 1.82) is 0 Å². The van der Waals surface area contributed by atoms with Gasteiger partial charge in [-0.15, -0.1) is 0 Å². The third-order valence-corrected chi connectivity index (χ3v) is 6.19. The number of likely N-dealkylation sites (tertiary alicyclic amines) is 1. The zero-order valence-corrected chi connectivity index (χ0v) is 13.0. The molecule has 0 spiro atoms. The molecular weight excluding hydrogens is 252 g/mol. The Morgan fingerprint density at radius 3 is 2.85 bits per heavy atom. The van der Waals surface area contributed by atoms with Crippen LogP contribution in [0.15, 0.2) is 0 Å². The van der Waals surface area contributed by atoms with Crippen molar-refractivity contribution >= 4 is 5.91 Å². The van der Waals surface area contributed by atoms with E-state index in [1.807, 2.05) is 4.90 Å². The molecule has 2 N–H and O–H groups in total. The Hall–Kier alpha value is -0.610. The van der Waals surface area contributed by atoms with Crippen molar-refractivity contribution in [2.24, 2.45) is 23.0 Å². The first kappa shape index (κ1) is 14.3. The monoisotopic (exact) mass is 280 g/mol. The van der Waals surface area contributed by atoms with Crippen LogP contribution < -0.4 is 5.73 Å². The van der Waals surface area contributed by atoms with Crippen LogP contribution in [-0.2, 0) is 9.53 Å². The summed E-state index contributed by atoms with van der Waals surface area (Å²) in [5.41, 5.74) is 5.69. The number of ether oxygens (including phenoxy) is 1. The van der Waals surface area contributed by atoms with Crippen LogP contribution in [0.1, 0.15) is 46.5 Å². The lowest BCUT2D eigenvalue weighted by Crippen LogP contribution is -2.80. The summed E-state index contributed by atoms with van der Waals surface area (Å²) in [6.07, 6.45) is 4.62. The van der Waals surface area contributed by atoms with Crippen molar-refractivity contribution in [1.82, 2.24) is 4.90 Å². The minimum atomic E-state index is -0.718. The highest BCUT2D eigenvalue weighted by Crippen LogP contribution is 2.58. The molecule has 3 aliphatic rings. The number of rotatable bonds is 2. The van der Waals surface area contributed by atoms with E-state index in [1.165, 1.54) is 6.42 Å². The van der Waals surface area contributed by atoms with Gasteiger partial charge in [-0.05, 0) is 25.2 Å². The molecule has 1 saturated carbocycles. The molecule has 2 saturated heterocycles. The third kappa shape index (κ3) is 1.70. The number of amides is 1. The van der Waals surface area contributed by atoms with Gasteiger partial charge in [-0.1, -0.05) is 27.2 Å². The number of carbonyl (C=O) groups is 1. The van der Waals surface area contributed by atoms with Crippen LogP contribution in [0.4, 0.5) is 0 Å². The van der Waals surface area contributed by atoms with Crippen LogP contribution in [0.2, 0.25) is 0 Å². The van der Waals surface area contributed by atoms with Crippen molar-refractivity contribution in [2.75, 3.05) is 19.7 Å². The second-order valence-electron chi connectivity index (χ2n) is 7.44. The van der Waals surface area contributed by atoms with Crippen molar-refractivity contribution in [3.05, 3.63) is 0 Å². The summed E-state index contributed by atoms with van der Waals surface area (Å²) in [5.74, 6) is 1.04. The summed E-state index contributed by atoms with van der Waals surface area (Å²) in [4.78, 5) is 15.1. The predicted molar refractivity (Wildman–Crippen MR) is 78.1 cm³/mol. The Balaban J connectivity index is 1.79. The molecule has 0 bridgehead atoms. The van der Waals surface area contributed by atoms with Crippen LogP contribution >= 0.6 is 0 Å². The SMILES string of the molecule is CCC1CCCN(C(=O)C2(N)C3CCOC3C2(C)C)C1. The van der Waals surface area contributed by atoms with E-state index in [4.69, 9.17) is 10.5 Å². The molecule has 4 atom stereocenters. The first-order valence-electron chi connectivity index (χ1n) is 8.12. The fourth-order valence-corrected chi connectivity index (χ4v) is 4.66. The highest BCUT2D eigenvalue weighted by molar-refractivity contribution is 5.89. The lowest BCUT2D eigenvalue weighted by Gasteiger charge is -2.62. The number of fused-ring (bicyclic) bond motifs is 1. The van der Waals surface area contributed by atoms with Crippen LogP contribution in [0.3, 0.4) is 0 Å². The van der Waals surface area contributed by atoms with Gasteiger partial charge in [0.25, 0.3) is 0 Å². The molecule has 1 aliphatic carbocycles. The molecule has 114 valence electrons. The molecule has 0 aromatic rings. The Kier molecular flexibility index (Phi) is 3.37. The Labute approximate surface area is 122 Å². The van der Waals surface area contributed by atoms with E-state index in [2.05, 4.69) is 20.8 Å². The molecule has 3 fully saturated rings. The molecule has 0 radical (unpaired) electrons. The normalized spacial score (nSPS) is 43.0. The Bertz CT molecular complexity index is 409. The largest absolute Gasteiger partial charge is 0.377 e. The molecule has 3 rings (SSSR count). The van der Waals surface area contributed by atoms with Crippen molar-refractivity contribution in [2.45, 2.75) is 58.1 Å².